The van der Waals surface area contributed by atoms with E-state index >= 15 is 0 Å². The topological polar surface area (TPSA) is 74.1 Å². The number of nitrogens with one attached hydrogen (secondary N) is 1. The first-order valence-corrected chi connectivity index (χ1v) is 10.6. The molecule has 0 aliphatic heterocycles. The number of hydrogen-bond donors (Lipinski definition) is 1. The van der Waals surface area contributed by atoms with E-state index in [0.717, 1.165) is 54.0 Å². The summed E-state index contributed by atoms with van der Waals surface area (Å²) in [6.45, 7) is 12.0. The molecule has 0 aliphatic rings. The molecule has 0 aliphatic carbocycles. The van der Waals surface area contributed by atoms with Crippen LogP contribution in [-0.2, 0) is 13.0 Å². The molecule has 1 atom stereocenters. The maximum absolute atomic E-state index is 5.39. The van der Waals surface area contributed by atoms with Crippen molar-refractivity contribution in [2.45, 2.75) is 53.5 Å². The van der Waals surface area contributed by atoms with Crippen molar-refractivity contribution in [3.8, 4) is 11.5 Å². The van der Waals surface area contributed by atoms with Gasteiger partial charge in [0.15, 0.2) is 11.5 Å². The minimum absolute atomic E-state index is 0.227. The predicted molar refractivity (Wildman–Crippen MR) is 123 cm³/mol. The van der Waals surface area contributed by atoms with Crippen LogP contribution in [0.2, 0.25) is 0 Å². The molecule has 0 bridgehead atoms. The fraction of sp³-hybridized carbons (Fsp3) is 0.458. The van der Waals surface area contributed by atoms with Gasteiger partial charge in [-0.1, -0.05) is 13.0 Å². The molecule has 31 heavy (non-hydrogen) atoms. The van der Waals surface area contributed by atoms with Gasteiger partial charge in [0.1, 0.15) is 11.6 Å². The smallest absolute Gasteiger partial charge is 0.160 e. The van der Waals surface area contributed by atoms with Gasteiger partial charge in [-0.3, -0.25) is 4.68 Å². The van der Waals surface area contributed by atoms with Crippen LogP contribution in [0.25, 0.3) is 0 Å². The molecule has 0 fully saturated rings. The van der Waals surface area contributed by atoms with Crippen LogP contribution < -0.4 is 14.8 Å². The summed E-state index contributed by atoms with van der Waals surface area (Å²) in [5.41, 5.74) is 5.74. The molecule has 3 aromatic rings. The number of methoxy groups -OCH3 is 2. The Morgan fingerprint density at radius 3 is 2.39 bits per heavy atom. The Balaban J connectivity index is 1.66. The molecule has 0 saturated heterocycles. The van der Waals surface area contributed by atoms with Crippen LogP contribution in [0.5, 0.6) is 11.5 Å². The van der Waals surface area contributed by atoms with E-state index in [1.165, 1.54) is 16.8 Å². The highest BCUT2D eigenvalue weighted by Gasteiger charge is 2.15. The summed E-state index contributed by atoms with van der Waals surface area (Å²) in [5.74, 6) is 3.32. The summed E-state index contributed by atoms with van der Waals surface area (Å²) in [4.78, 5) is 9.24. The third kappa shape index (κ3) is 5.34. The molecule has 1 aromatic carbocycles. The van der Waals surface area contributed by atoms with Crippen LogP contribution in [0.1, 0.15) is 46.9 Å². The third-order valence-corrected chi connectivity index (χ3v) is 5.72. The van der Waals surface area contributed by atoms with E-state index in [4.69, 9.17) is 9.47 Å². The Bertz CT molecular complexity index is 1040. The van der Waals surface area contributed by atoms with Crippen LogP contribution in [0, 0.1) is 27.7 Å². The maximum atomic E-state index is 5.39. The zero-order valence-corrected chi connectivity index (χ0v) is 19.6. The number of ether oxygens (including phenoxy) is 2. The van der Waals surface area contributed by atoms with Crippen LogP contribution in [0.15, 0.2) is 24.3 Å². The molecule has 0 saturated carbocycles. The zero-order chi connectivity index (χ0) is 22.5. The van der Waals surface area contributed by atoms with Crippen molar-refractivity contribution in [1.29, 1.82) is 0 Å². The van der Waals surface area contributed by atoms with Crippen molar-refractivity contribution in [3.05, 3.63) is 58.3 Å². The van der Waals surface area contributed by atoms with Gasteiger partial charge < -0.3 is 14.8 Å². The number of nitrogens with zero attached hydrogens (tertiary/aromatic N) is 4. The monoisotopic (exact) mass is 423 g/mol. The SMILES string of the molecule is COc1ccc(CCNc2cc([C@H](C)Cn3nc(C)c(C)c3C)nc(C)n2)cc1OC. The molecule has 0 spiro atoms. The summed E-state index contributed by atoms with van der Waals surface area (Å²) in [6, 6.07) is 8.04. The molecule has 1 N–H and O–H groups in total. The maximum Gasteiger partial charge on any atom is 0.160 e. The molecule has 166 valence electrons. The quantitative estimate of drug-likeness (QED) is 0.550. The van der Waals surface area contributed by atoms with Gasteiger partial charge in [-0.15, -0.1) is 0 Å². The normalized spacial score (nSPS) is 12.0. The van der Waals surface area contributed by atoms with Gasteiger partial charge in [-0.25, -0.2) is 9.97 Å². The van der Waals surface area contributed by atoms with Gasteiger partial charge >= 0.3 is 0 Å². The zero-order valence-electron chi connectivity index (χ0n) is 19.6. The van der Waals surface area contributed by atoms with Crippen LogP contribution in [-0.4, -0.2) is 40.5 Å². The molecule has 0 radical (unpaired) electrons. The van der Waals surface area contributed by atoms with Gasteiger partial charge in [0.25, 0.3) is 0 Å². The lowest BCUT2D eigenvalue weighted by atomic mass is 10.1. The van der Waals surface area contributed by atoms with E-state index in [1.54, 1.807) is 14.2 Å². The second-order valence-electron chi connectivity index (χ2n) is 7.97. The first kappa shape index (κ1) is 22.6. The summed E-state index contributed by atoms with van der Waals surface area (Å²) < 4.78 is 12.8. The van der Waals surface area contributed by atoms with Crippen molar-refractivity contribution in [3.63, 3.8) is 0 Å². The molecule has 2 aromatic heterocycles. The average Bonchev–Trinajstić information content (AvgIpc) is 2.99. The van der Waals surface area contributed by atoms with E-state index in [-0.39, 0.29) is 5.92 Å². The Morgan fingerprint density at radius 2 is 1.74 bits per heavy atom. The highest BCUT2D eigenvalue weighted by atomic mass is 16.5. The van der Waals surface area contributed by atoms with Gasteiger partial charge in [0.2, 0.25) is 0 Å². The number of rotatable bonds is 9. The number of hydrogen-bond acceptors (Lipinski definition) is 6. The fourth-order valence-electron chi connectivity index (χ4n) is 3.62. The standard InChI is InChI=1S/C24H33N5O2/c1-15(14-29-18(4)16(2)17(3)28-29)21-13-24(27-19(5)26-21)25-11-10-20-8-9-22(30-6)23(12-20)31-7/h8-9,12-13,15H,10-11,14H2,1-7H3,(H,25,26,27)/t15-/m1/s1. The van der Waals surface area contributed by atoms with Crippen molar-refractivity contribution in [2.75, 3.05) is 26.1 Å². The first-order valence-electron chi connectivity index (χ1n) is 10.6. The summed E-state index contributed by atoms with van der Waals surface area (Å²) in [5, 5.41) is 8.11. The largest absolute Gasteiger partial charge is 0.493 e. The Hall–Kier alpha value is -3.09. The first-order chi connectivity index (χ1) is 14.8. The molecule has 7 heteroatoms. The highest BCUT2D eigenvalue weighted by molar-refractivity contribution is 5.43. The number of aryl methyl sites for hydroxylation is 2. The molecule has 2 heterocycles. The van der Waals surface area contributed by atoms with E-state index in [0.29, 0.717) is 0 Å². The van der Waals surface area contributed by atoms with Crippen molar-refractivity contribution in [1.82, 2.24) is 19.7 Å². The third-order valence-electron chi connectivity index (χ3n) is 5.72. The lowest BCUT2D eigenvalue weighted by molar-refractivity contribution is 0.354. The number of benzene rings is 1. The van der Waals surface area contributed by atoms with Gasteiger partial charge in [-0.05, 0) is 57.4 Å². The van der Waals surface area contributed by atoms with Crippen molar-refractivity contribution >= 4 is 5.82 Å². The molecular weight excluding hydrogens is 390 g/mol. The Morgan fingerprint density at radius 1 is 1.00 bits per heavy atom. The van der Waals surface area contributed by atoms with E-state index in [9.17, 15) is 0 Å². The second kappa shape index (κ2) is 9.81. The number of aromatic nitrogens is 4. The van der Waals surface area contributed by atoms with Crippen LogP contribution in [0.3, 0.4) is 0 Å². The number of anilines is 1. The van der Waals surface area contributed by atoms with E-state index in [1.807, 2.05) is 25.1 Å². The van der Waals surface area contributed by atoms with Crippen molar-refractivity contribution in [2.24, 2.45) is 0 Å². The van der Waals surface area contributed by atoms with E-state index in [2.05, 4.69) is 58.8 Å². The van der Waals surface area contributed by atoms with Gasteiger partial charge in [0, 0.05) is 30.8 Å². The molecular formula is C24H33N5O2. The minimum Gasteiger partial charge on any atom is -0.493 e. The Kier molecular flexibility index (Phi) is 7.15. The summed E-state index contributed by atoms with van der Waals surface area (Å²) >= 11 is 0. The second-order valence-corrected chi connectivity index (χ2v) is 7.97. The van der Waals surface area contributed by atoms with Crippen LogP contribution in [0.4, 0.5) is 5.82 Å². The lowest BCUT2D eigenvalue weighted by Gasteiger charge is -2.15. The predicted octanol–water partition coefficient (Wildman–Crippen LogP) is 4.38. The Labute approximate surface area is 184 Å². The summed E-state index contributed by atoms with van der Waals surface area (Å²) in [7, 11) is 3.30. The molecule has 0 unspecified atom stereocenters. The van der Waals surface area contributed by atoms with Crippen LogP contribution >= 0.6 is 0 Å². The van der Waals surface area contributed by atoms with Crippen molar-refractivity contribution < 1.29 is 9.47 Å². The minimum atomic E-state index is 0.227. The van der Waals surface area contributed by atoms with E-state index < -0.39 is 0 Å². The van der Waals surface area contributed by atoms with Gasteiger partial charge in [-0.2, -0.15) is 5.10 Å². The molecule has 7 nitrogen and oxygen atoms in total. The average molecular weight is 424 g/mol. The summed E-state index contributed by atoms with van der Waals surface area (Å²) in [6.07, 6.45) is 0.847. The fourth-order valence-corrected chi connectivity index (χ4v) is 3.62. The highest BCUT2D eigenvalue weighted by Crippen LogP contribution is 2.27. The molecule has 0 amide bonds. The lowest BCUT2D eigenvalue weighted by Crippen LogP contribution is -2.13. The molecule has 3 rings (SSSR count). The van der Waals surface area contributed by atoms with Gasteiger partial charge in [0.05, 0.1) is 25.6 Å².